The lowest BCUT2D eigenvalue weighted by atomic mass is 10.3. The van der Waals surface area contributed by atoms with Crippen molar-refractivity contribution in [2.75, 3.05) is 20.3 Å². The van der Waals surface area contributed by atoms with E-state index in [9.17, 15) is 39.5 Å². The molecule has 0 aliphatic heterocycles. The number of rotatable bonds is 10. The second-order valence-electron chi connectivity index (χ2n) is 14.7. The van der Waals surface area contributed by atoms with E-state index in [4.69, 9.17) is 14.2 Å². The minimum Gasteiger partial charge on any atom is -0.382 e. The molecule has 348 valence electrons. The molecule has 0 heterocycles. The fourth-order valence-electron chi connectivity index (χ4n) is 1.66. The van der Waals surface area contributed by atoms with Gasteiger partial charge in [-0.15, -0.1) is 13.2 Å². The molecule has 0 aromatic rings. The predicted molar refractivity (Wildman–Crippen MR) is 214 cm³/mol. The van der Waals surface area contributed by atoms with Crippen LogP contribution in [-0.4, -0.2) is 88.4 Å². The van der Waals surface area contributed by atoms with Crippen molar-refractivity contribution in [1.82, 2.24) is 0 Å². The SMILES string of the molecule is C.CC(C)C.CC(C)C.CC(C)F.CC(C)OC(F)(F)F.CC(C)OC(F)F.CC(C)OC1CC1.CC(C)OCC(F)(F)F.CCOC(C)C.COC(C)C. The molecule has 0 unspecified atom stereocenters. The zero-order chi connectivity index (χ0) is 45.4. The van der Waals surface area contributed by atoms with Gasteiger partial charge in [-0.25, -0.2) is 4.39 Å². The van der Waals surface area contributed by atoms with E-state index < -0.39 is 38.0 Å². The van der Waals surface area contributed by atoms with E-state index in [1.165, 1.54) is 40.5 Å². The standard InChI is InChI=1S/C6H12O.C5H9F3O.C5H12O.C4H7F3O.C4H8F2O.C4H10O.2C4H10.C3H7F.CH4/c1-5(2)7-6-3-4-6;1-4(2)9-3-5(6,7)8;1-4-6-5(2)3;1-3(2)8-4(5,6)7;1-3(2)7-4(5)6;1-4(2)5-3;2*1-4(2)3;1-3(2)4;/h5-6H,3-4H2,1-2H3;4H,3H2,1-2H3;5H,4H2,1-3H3;3H,1-2H3;3-4H,1-2H3;4H,1-3H3;2*4H,1-3H3;3H,1-2H3;1H4. The first-order chi connectivity index (χ1) is 24.0. The first kappa shape index (κ1) is 75.0. The van der Waals surface area contributed by atoms with E-state index >= 15 is 0 Å². The summed E-state index contributed by atoms with van der Waals surface area (Å²) in [7, 11) is 1.70. The molecule has 1 fully saturated rings. The molecule has 1 aliphatic carbocycles. The highest BCUT2D eigenvalue weighted by Crippen LogP contribution is 2.24. The molecule has 0 bridgehead atoms. The van der Waals surface area contributed by atoms with Crippen molar-refractivity contribution in [3.8, 4) is 0 Å². The Morgan fingerprint density at radius 2 is 0.836 bits per heavy atom. The summed E-state index contributed by atoms with van der Waals surface area (Å²) in [4.78, 5) is 0. The maximum Gasteiger partial charge on any atom is 0.522 e. The number of ether oxygens (including phenoxy) is 6. The second-order valence-corrected chi connectivity index (χ2v) is 14.7. The van der Waals surface area contributed by atoms with Gasteiger partial charge >= 0.3 is 19.2 Å². The molecule has 15 heteroatoms. The number of hydrogen-bond donors (Lipinski definition) is 0. The minimum absolute atomic E-state index is 0. The molecule has 55 heavy (non-hydrogen) atoms. The van der Waals surface area contributed by atoms with Gasteiger partial charge in [-0.2, -0.15) is 22.0 Å². The van der Waals surface area contributed by atoms with Crippen molar-refractivity contribution < 1.29 is 67.9 Å². The Kier molecular flexibility index (Phi) is 67.2. The number of alkyl halides is 9. The molecule has 6 nitrogen and oxygen atoms in total. The molecule has 0 radical (unpaired) electrons. The van der Waals surface area contributed by atoms with Gasteiger partial charge in [0.25, 0.3) is 0 Å². The third kappa shape index (κ3) is 203. The highest BCUT2D eigenvalue weighted by Gasteiger charge is 2.30. The van der Waals surface area contributed by atoms with E-state index in [2.05, 4.69) is 69.6 Å². The quantitative estimate of drug-likeness (QED) is 0.204. The molecule has 1 rings (SSSR count). The highest BCUT2D eigenvalue weighted by molar-refractivity contribution is 4.73. The molecule has 0 aromatic carbocycles. The van der Waals surface area contributed by atoms with Gasteiger partial charge in [-0.05, 0) is 129 Å². The van der Waals surface area contributed by atoms with Crippen LogP contribution in [0.3, 0.4) is 0 Å². The average Bonchev–Trinajstić information content (AvgIpc) is 3.69. The molecular formula is C40H89F9O6. The fourth-order valence-corrected chi connectivity index (χ4v) is 1.66. The van der Waals surface area contributed by atoms with E-state index in [1.807, 2.05) is 34.6 Å². The molecule has 1 saturated carbocycles. The number of hydrogen-bond acceptors (Lipinski definition) is 6. The Labute approximate surface area is 333 Å². The highest BCUT2D eigenvalue weighted by atomic mass is 19.4. The zero-order valence-electron chi connectivity index (χ0n) is 38.0. The van der Waals surface area contributed by atoms with Crippen LogP contribution in [-0.2, 0) is 28.4 Å². The number of halogens is 9. The van der Waals surface area contributed by atoms with Gasteiger partial charge in [0.2, 0.25) is 0 Å². The van der Waals surface area contributed by atoms with Gasteiger partial charge in [0, 0.05) is 13.7 Å². The minimum atomic E-state index is -4.48. The summed E-state index contributed by atoms with van der Waals surface area (Å²) >= 11 is 0. The van der Waals surface area contributed by atoms with Crippen LogP contribution in [0, 0.1) is 11.8 Å². The van der Waals surface area contributed by atoms with Crippen molar-refractivity contribution in [1.29, 1.82) is 0 Å². The zero-order valence-corrected chi connectivity index (χ0v) is 38.0. The maximum atomic E-state index is 11.3. The summed E-state index contributed by atoms with van der Waals surface area (Å²) in [5.41, 5.74) is 0. The Morgan fingerprint density at radius 1 is 0.527 bits per heavy atom. The van der Waals surface area contributed by atoms with E-state index in [-0.39, 0.29) is 19.6 Å². The van der Waals surface area contributed by atoms with Gasteiger partial charge in [0.05, 0.1) is 48.9 Å². The van der Waals surface area contributed by atoms with Crippen LogP contribution in [0.5, 0.6) is 0 Å². The third-order valence-corrected chi connectivity index (χ3v) is 3.29. The van der Waals surface area contributed by atoms with E-state index in [1.54, 1.807) is 34.8 Å². The molecule has 0 aromatic heterocycles. The molecule has 0 N–H and O–H groups in total. The van der Waals surface area contributed by atoms with Crippen LogP contribution in [0.2, 0.25) is 0 Å². The Hall–Kier alpha value is -0.870. The summed E-state index contributed by atoms with van der Waals surface area (Å²) in [6.45, 7) is 36.2. The average molecular weight is 837 g/mol. The van der Waals surface area contributed by atoms with Gasteiger partial charge in [-0.1, -0.05) is 49.0 Å². The molecule has 0 spiro atoms. The summed E-state index contributed by atoms with van der Waals surface area (Å²) in [5, 5.41) is 0. The smallest absolute Gasteiger partial charge is 0.382 e. The monoisotopic (exact) mass is 837 g/mol. The van der Waals surface area contributed by atoms with Crippen molar-refractivity contribution in [3.05, 3.63) is 0 Å². The topological polar surface area (TPSA) is 55.4 Å². The lowest BCUT2D eigenvalue weighted by Gasteiger charge is -2.09. The Balaban J connectivity index is -0.0000000626. The Bertz CT molecular complexity index is 615. The van der Waals surface area contributed by atoms with Gasteiger partial charge in [-0.3, -0.25) is 4.74 Å². The van der Waals surface area contributed by atoms with Crippen molar-refractivity contribution >= 4 is 0 Å². The lowest BCUT2D eigenvalue weighted by Crippen LogP contribution is -2.19. The van der Waals surface area contributed by atoms with Crippen molar-refractivity contribution in [2.45, 2.75) is 234 Å². The molecule has 0 atom stereocenters. The summed E-state index contributed by atoms with van der Waals surface area (Å²) in [6, 6.07) is 0. The van der Waals surface area contributed by atoms with Crippen LogP contribution in [0.4, 0.5) is 39.5 Å². The van der Waals surface area contributed by atoms with Crippen LogP contribution in [0.25, 0.3) is 0 Å². The summed E-state index contributed by atoms with van der Waals surface area (Å²) < 4.78 is 127. The second kappa shape index (κ2) is 49.3. The van der Waals surface area contributed by atoms with E-state index in [0.717, 1.165) is 18.4 Å². The van der Waals surface area contributed by atoms with Crippen molar-refractivity contribution in [3.63, 3.8) is 0 Å². The summed E-state index contributed by atoms with van der Waals surface area (Å²) in [6.07, 6.45) is -6.42. The summed E-state index contributed by atoms with van der Waals surface area (Å²) in [5.74, 6) is 1.67. The van der Waals surface area contributed by atoms with Crippen LogP contribution >= 0.6 is 0 Å². The van der Waals surface area contributed by atoms with Gasteiger partial charge in [0.15, 0.2) is 0 Å². The Morgan fingerprint density at radius 3 is 0.873 bits per heavy atom. The van der Waals surface area contributed by atoms with Gasteiger partial charge in [0.1, 0.15) is 6.61 Å². The molecular weight excluding hydrogens is 747 g/mol. The lowest BCUT2D eigenvalue weighted by molar-refractivity contribution is -0.338. The van der Waals surface area contributed by atoms with Gasteiger partial charge < -0.3 is 23.7 Å². The molecule has 1 aliphatic rings. The predicted octanol–water partition coefficient (Wildman–Crippen LogP) is 14.9. The van der Waals surface area contributed by atoms with Crippen LogP contribution < -0.4 is 0 Å². The fraction of sp³-hybridized carbons (Fsp3) is 1.00. The third-order valence-electron chi connectivity index (χ3n) is 3.29. The maximum absolute atomic E-state index is 11.3. The normalized spacial score (nSPS) is 11.9. The molecule has 0 saturated heterocycles. The molecule has 0 amide bonds. The van der Waals surface area contributed by atoms with E-state index in [0.29, 0.717) is 24.4 Å². The number of methoxy groups -OCH3 is 1. The van der Waals surface area contributed by atoms with Crippen molar-refractivity contribution in [2.24, 2.45) is 11.8 Å². The van der Waals surface area contributed by atoms with Crippen LogP contribution in [0.15, 0.2) is 0 Å². The largest absolute Gasteiger partial charge is 0.522 e. The van der Waals surface area contributed by atoms with Crippen LogP contribution in [0.1, 0.15) is 166 Å². The first-order valence-corrected chi connectivity index (χ1v) is 18.8. The first-order valence-electron chi connectivity index (χ1n) is 18.8.